The smallest absolute Gasteiger partial charge is 0.00252 e. The average Bonchev–Trinajstić information content (AvgIpc) is 2.25. The van der Waals surface area contributed by atoms with E-state index in [0.29, 0.717) is 0 Å². The van der Waals surface area contributed by atoms with Gasteiger partial charge >= 0.3 is 0 Å². The summed E-state index contributed by atoms with van der Waals surface area (Å²) in [6.07, 6.45) is 0.899. The molecule has 0 fully saturated rings. The second kappa shape index (κ2) is 2.83. The fraction of sp³-hybridized carbons (Fsp3) is 0.0667. The Morgan fingerprint density at radius 1 is 0.800 bits per heavy atom. The first-order valence-electron chi connectivity index (χ1n) is 5.15. The lowest BCUT2D eigenvalue weighted by Crippen LogP contribution is -1.98. The zero-order chi connectivity index (χ0) is 10.4. The predicted octanol–water partition coefficient (Wildman–Crippen LogP) is 4.27. The predicted molar refractivity (Wildman–Crippen MR) is 66.6 cm³/mol. The molecule has 0 heterocycles. The van der Waals surface area contributed by atoms with Crippen LogP contribution in [0.1, 0.15) is 17.5 Å². The molecule has 0 spiro atoms. The molecule has 0 nitrogen and oxygen atoms in total. The van der Waals surface area contributed by atoms with Crippen molar-refractivity contribution >= 4 is 21.9 Å². The first-order valence-corrected chi connectivity index (χ1v) is 5.15. The van der Waals surface area contributed by atoms with Crippen molar-refractivity contribution in [3.05, 3.63) is 60.7 Å². The first-order chi connectivity index (χ1) is 7.27. The Morgan fingerprint density at radius 2 is 1.33 bits per heavy atom. The molecule has 0 radical (unpaired) electrons. The van der Waals surface area contributed by atoms with Crippen molar-refractivity contribution < 1.29 is 0 Å². The second-order valence-electron chi connectivity index (χ2n) is 4.09. The van der Waals surface area contributed by atoms with Gasteiger partial charge in [-0.3, -0.25) is 0 Å². The highest BCUT2D eigenvalue weighted by molar-refractivity contribution is 6.06. The van der Waals surface area contributed by atoms with Gasteiger partial charge in [0.1, 0.15) is 0 Å². The number of allylic oxidation sites excluding steroid dienone is 2. The van der Waals surface area contributed by atoms with Crippen LogP contribution in [-0.4, -0.2) is 0 Å². The van der Waals surface area contributed by atoms with Crippen molar-refractivity contribution in [3.63, 3.8) is 0 Å². The maximum Gasteiger partial charge on any atom is -0.00252 e. The van der Waals surface area contributed by atoms with Gasteiger partial charge in [-0.2, -0.15) is 0 Å². The number of hydrogen-bond acceptors (Lipinski definition) is 0. The molecular formula is C15H12. The lowest BCUT2D eigenvalue weighted by molar-refractivity contribution is 1.39. The van der Waals surface area contributed by atoms with Gasteiger partial charge in [-0.25, -0.2) is 0 Å². The SMILES string of the molecule is C=C1CC(=C)c2cccc3cccc1c23. The van der Waals surface area contributed by atoms with Crippen LogP contribution in [0.5, 0.6) is 0 Å². The molecule has 0 saturated carbocycles. The highest BCUT2D eigenvalue weighted by atomic mass is 14.2. The summed E-state index contributed by atoms with van der Waals surface area (Å²) in [4.78, 5) is 0. The Kier molecular flexibility index (Phi) is 1.60. The van der Waals surface area contributed by atoms with Gasteiger partial charge in [-0.1, -0.05) is 49.6 Å². The number of benzene rings is 2. The molecule has 1 aliphatic rings. The van der Waals surface area contributed by atoms with Crippen molar-refractivity contribution in [2.75, 3.05) is 0 Å². The third-order valence-electron chi connectivity index (χ3n) is 3.09. The van der Waals surface area contributed by atoms with Crippen LogP contribution in [0.25, 0.3) is 21.9 Å². The van der Waals surface area contributed by atoms with E-state index < -0.39 is 0 Å². The standard InChI is InChI=1S/C15H12/c1-10-9-11(2)14-8-4-6-12-5-3-7-13(10)15(12)14/h3-8H,1-2,9H2. The van der Waals surface area contributed by atoms with Crippen LogP contribution >= 0.6 is 0 Å². The van der Waals surface area contributed by atoms with Gasteiger partial charge in [-0.15, -0.1) is 0 Å². The van der Waals surface area contributed by atoms with Crippen molar-refractivity contribution in [2.24, 2.45) is 0 Å². The second-order valence-corrected chi connectivity index (χ2v) is 4.09. The van der Waals surface area contributed by atoms with Crippen LogP contribution in [0.2, 0.25) is 0 Å². The van der Waals surface area contributed by atoms with E-state index in [1.54, 1.807) is 0 Å². The number of hydrogen-bond donors (Lipinski definition) is 0. The fourth-order valence-electron chi connectivity index (χ4n) is 2.38. The van der Waals surface area contributed by atoms with Crippen molar-refractivity contribution in [1.29, 1.82) is 0 Å². The van der Waals surface area contributed by atoms with E-state index in [9.17, 15) is 0 Å². The molecule has 0 amide bonds. The molecule has 2 aromatic carbocycles. The molecule has 0 N–H and O–H groups in total. The quantitative estimate of drug-likeness (QED) is 0.584. The van der Waals surface area contributed by atoms with E-state index in [2.05, 4.69) is 49.6 Å². The Balaban J connectivity index is 2.56. The average molecular weight is 192 g/mol. The molecular weight excluding hydrogens is 180 g/mol. The van der Waals surface area contributed by atoms with E-state index in [1.165, 1.54) is 33.0 Å². The van der Waals surface area contributed by atoms with E-state index in [4.69, 9.17) is 0 Å². The third-order valence-corrected chi connectivity index (χ3v) is 3.09. The molecule has 3 rings (SSSR count). The summed E-state index contributed by atoms with van der Waals surface area (Å²) >= 11 is 0. The fourth-order valence-corrected chi connectivity index (χ4v) is 2.38. The molecule has 15 heavy (non-hydrogen) atoms. The van der Waals surface area contributed by atoms with Crippen LogP contribution < -0.4 is 0 Å². The molecule has 0 saturated heterocycles. The van der Waals surface area contributed by atoms with Gasteiger partial charge in [0.25, 0.3) is 0 Å². The molecule has 0 atom stereocenters. The molecule has 0 unspecified atom stereocenters. The van der Waals surface area contributed by atoms with Gasteiger partial charge in [-0.05, 0) is 39.5 Å². The molecule has 0 aromatic heterocycles. The molecule has 0 heteroatoms. The maximum atomic E-state index is 4.13. The number of rotatable bonds is 0. The van der Waals surface area contributed by atoms with Crippen LogP contribution in [0, 0.1) is 0 Å². The van der Waals surface area contributed by atoms with Crippen LogP contribution in [-0.2, 0) is 0 Å². The van der Waals surface area contributed by atoms with Crippen molar-refractivity contribution in [2.45, 2.75) is 6.42 Å². The van der Waals surface area contributed by atoms with Crippen LogP contribution in [0.3, 0.4) is 0 Å². The lowest BCUT2D eigenvalue weighted by Gasteiger charge is -2.21. The zero-order valence-electron chi connectivity index (χ0n) is 8.59. The van der Waals surface area contributed by atoms with E-state index in [-0.39, 0.29) is 0 Å². The van der Waals surface area contributed by atoms with Crippen LogP contribution in [0.15, 0.2) is 49.6 Å². The van der Waals surface area contributed by atoms with Gasteiger partial charge in [0, 0.05) is 0 Å². The van der Waals surface area contributed by atoms with E-state index >= 15 is 0 Å². The van der Waals surface area contributed by atoms with Gasteiger partial charge in [0.2, 0.25) is 0 Å². The lowest BCUT2D eigenvalue weighted by atomic mass is 9.83. The summed E-state index contributed by atoms with van der Waals surface area (Å²) in [5.74, 6) is 0. The van der Waals surface area contributed by atoms with Crippen molar-refractivity contribution in [1.82, 2.24) is 0 Å². The summed E-state index contributed by atoms with van der Waals surface area (Å²) < 4.78 is 0. The highest BCUT2D eigenvalue weighted by Crippen LogP contribution is 2.39. The Labute approximate surface area is 89.6 Å². The summed E-state index contributed by atoms with van der Waals surface area (Å²) in [7, 11) is 0. The zero-order valence-corrected chi connectivity index (χ0v) is 8.59. The van der Waals surface area contributed by atoms with Gasteiger partial charge < -0.3 is 0 Å². The summed E-state index contributed by atoms with van der Waals surface area (Å²) in [6.45, 7) is 8.26. The minimum Gasteiger partial charge on any atom is -0.0949 e. The van der Waals surface area contributed by atoms with E-state index in [0.717, 1.165) is 6.42 Å². The minimum absolute atomic E-state index is 0.899. The minimum atomic E-state index is 0.899. The third kappa shape index (κ3) is 1.08. The summed E-state index contributed by atoms with van der Waals surface area (Å²) in [5.41, 5.74) is 4.94. The van der Waals surface area contributed by atoms with E-state index in [1.807, 2.05) is 0 Å². The molecule has 0 aliphatic heterocycles. The van der Waals surface area contributed by atoms with Crippen LogP contribution in [0.4, 0.5) is 0 Å². The molecule has 0 bridgehead atoms. The topological polar surface area (TPSA) is 0 Å². The Morgan fingerprint density at radius 3 is 1.87 bits per heavy atom. The Bertz CT molecular complexity index is 539. The molecule has 2 aromatic rings. The van der Waals surface area contributed by atoms with Gasteiger partial charge in [0.15, 0.2) is 0 Å². The monoisotopic (exact) mass is 192 g/mol. The maximum absolute atomic E-state index is 4.13. The largest absolute Gasteiger partial charge is 0.0949 e. The molecule has 1 aliphatic carbocycles. The Hall–Kier alpha value is -1.82. The highest BCUT2D eigenvalue weighted by Gasteiger charge is 2.16. The normalized spacial score (nSPS) is 14.7. The summed E-state index contributed by atoms with van der Waals surface area (Å²) in [5, 5.41) is 2.60. The summed E-state index contributed by atoms with van der Waals surface area (Å²) in [6, 6.07) is 12.8. The molecule has 72 valence electrons. The van der Waals surface area contributed by atoms with Crippen molar-refractivity contribution in [3.8, 4) is 0 Å². The first kappa shape index (κ1) is 8.49. The van der Waals surface area contributed by atoms with Gasteiger partial charge in [0.05, 0.1) is 0 Å².